The summed E-state index contributed by atoms with van der Waals surface area (Å²) in [6.45, 7) is 5.51. The number of imidazole rings is 1. The summed E-state index contributed by atoms with van der Waals surface area (Å²) in [5.74, 6) is 2.44. The van der Waals surface area contributed by atoms with Crippen molar-refractivity contribution in [1.29, 1.82) is 0 Å². The fourth-order valence-electron chi connectivity index (χ4n) is 2.93. The van der Waals surface area contributed by atoms with Crippen LogP contribution >= 0.6 is 23.1 Å². The molecule has 4 rings (SSSR count). The maximum atomic E-state index is 4.92. The van der Waals surface area contributed by atoms with Gasteiger partial charge in [0.2, 0.25) is 0 Å². The summed E-state index contributed by atoms with van der Waals surface area (Å²) in [6, 6.07) is 0.738. The van der Waals surface area contributed by atoms with Crippen LogP contribution in [-0.4, -0.2) is 39.5 Å². The lowest BCUT2D eigenvalue weighted by Crippen LogP contribution is -2.38. The van der Waals surface area contributed by atoms with Gasteiger partial charge in [0.25, 0.3) is 0 Å². The monoisotopic (exact) mass is 322 g/mol. The zero-order valence-corrected chi connectivity index (χ0v) is 14.1. The summed E-state index contributed by atoms with van der Waals surface area (Å²) in [7, 11) is 0. The smallest absolute Gasteiger partial charge is 0.195 e. The second kappa shape index (κ2) is 5.82. The Morgan fingerprint density at radius 2 is 2.33 bits per heavy atom. The van der Waals surface area contributed by atoms with Gasteiger partial charge < -0.3 is 10.2 Å². The molecule has 2 aliphatic rings. The van der Waals surface area contributed by atoms with Crippen LogP contribution < -0.4 is 10.2 Å². The predicted molar refractivity (Wildman–Crippen MR) is 91.7 cm³/mol. The van der Waals surface area contributed by atoms with Gasteiger partial charge in [-0.3, -0.25) is 4.40 Å². The summed E-state index contributed by atoms with van der Waals surface area (Å²) >= 11 is 3.85. The summed E-state index contributed by atoms with van der Waals surface area (Å²) < 4.78 is 2.28. The largest absolute Gasteiger partial charge is 0.353 e. The molecule has 0 amide bonds. The zero-order valence-electron chi connectivity index (χ0n) is 12.4. The first kappa shape index (κ1) is 13.9. The Morgan fingerprint density at radius 1 is 1.43 bits per heavy atom. The normalized spacial score (nSPS) is 23.1. The number of aromatic nitrogens is 2. The highest BCUT2D eigenvalue weighted by molar-refractivity contribution is 8.00. The van der Waals surface area contributed by atoms with Crippen molar-refractivity contribution in [3.05, 3.63) is 17.3 Å². The van der Waals surface area contributed by atoms with Crippen molar-refractivity contribution in [2.75, 3.05) is 23.7 Å². The van der Waals surface area contributed by atoms with Crippen LogP contribution in [0.1, 0.15) is 31.9 Å². The molecule has 1 unspecified atom stereocenters. The van der Waals surface area contributed by atoms with Crippen molar-refractivity contribution in [2.45, 2.75) is 44.0 Å². The number of hydrogen-bond acceptors (Lipinski definition) is 5. The van der Waals surface area contributed by atoms with Gasteiger partial charge in [-0.05, 0) is 19.3 Å². The summed E-state index contributed by atoms with van der Waals surface area (Å²) in [6.07, 6.45) is 6.08. The van der Waals surface area contributed by atoms with E-state index < -0.39 is 0 Å². The Balaban J connectivity index is 1.62. The quantitative estimate of drug-likeness (QED) is 0.917. The van der Waals surface area contributed by atoms with E-state index in [9.17, 15) is 0 Å². The van der Waals surface area contributed by atoms with E-state index in [0.717, 1.165) is 35.9 Å². The SMILES string of the molecule is CCC1CN(c2nc3sccn3c2CNC2CC2)CCS1. The molecule has 0 radical (unpaired) electrons. The molecular weight excluding hydrogens is 300 g/mol. The van der Waals surface area contributed by atoms with Crippen LogP contribution in [0.4, 0.5) is 5.82 Å². The van der Waals surface area contributed by atoms with E-state index in [1.54, 1.807) is 11.3 Å². The van der Waals surface area contributed by atoms with Crippen molar-refractivity contribution < 1.29 is 0 Å². The van der Waals surface area contributed by atoms with Crippen LogP contribution in [0.2, 0.25) is 0 Å². The van der Waals surface area contributed by atoms with Crippen molar-refractivity contribution in [3.63, 3.8) is 0 Å². The van der Waals surface area contributed by atoms with Gasteiger partial charge in [-0.1, -0.05) is 6.92 Å². The second-order valence-electron chi connectivity index (χ2n) is 5.94. The number of nitrogens with zero attached hydrogens (tertiary/aromatic N) is 3. The lowest BCUT2D eigenvalue weighted by Gasteiger charge is -2.32. The van der Waals surface area contributed by atoms with Crippen LogP contribution in [0.25, 0.3) is 4.96 Å². The van der Waals surface area contributed by atoms with Gasteiger partial charge in [0.15, 0.2) is 10.8 Å². The molecule has 1 saturated carbocycles. The number of rotatable bonds is 5. The Morgan fingerprint density at radius 3 is 3.14 bits per heavy atom. The van der Waals surface area contributed by atoms with Crippen molar-refractivity contribution in [3.8, 4) is 0 Å². The average molecular weight is 323 g/mol. The third-order valence-corrected chi connectivity index (χ3v) is 6.50. The second-order valence-corrected chi connectivity index (χ2v) is 8.22. The molecule has 2 aromatic heterocycles. The highest BCUT2D eigenvalue weighted by Crippen LogP contribution is 2.30. The van der Waals surface area contributed by atoms with E-state index in [1.165, 1.54) is 36.5 Å². The van der Waals surface area contributed by atoms with Crippen LogP contribution in [0.3, 0.4) is 0 Å². The van der Waals surface area contributed by atoms with Gasteiger partial charge in [-0.25, -0.2) is 4.98 Å². The number of thiazole rings is 1. The maximum absolute atomic E-state index is 4.92. The minimum atomic E-state index is 0.738. The molecule has 1 atom stereocenters. The molecule has 6 heteroatoms. The molecule has 3 heterocycles. The lowest BCUT2D eigenvalue weighted by molar-refractivity contribution is 0.661. The maximum Gasteiger partial charge on any atom is 0.195 e. The van der Waals surface area contributed by atoms with Crippen LogP contribution in [0.5, 0.6) is 0 Å². The first-order valence-corrected chi connectivity index (χ1v) is 9.82. The molecule has 1 aliphatic carbocycles. The van der Waals surface area contributed by atoms with Gasteiger partial charge in [-0.15, -0.1) is 11.3 Å². The Kier molecular flexibility index (Phi) is 3.85. The highest BCUT2D eigenvalue weighted by atomic mass is 32.2. The molecule has 0 spiro atoms. The van der Waals surface area contributed by atoms with E-state index in [1.807, 2.05) is 0 Å². The predicted octanol–water partition coefficient (Wildman–Crippen LogP) is 2.98. The molecule has 4 nitrogen and oxygen atoms in total. The summed E-state index contributed by atoms with van der Waals surface area (Å²) in [5.41, 5.74) is 1.35. The van der Waals surface area contributed by atoms with E-state index in [4.69, 9.17) is 4.98 Å². The van der Waals surface area contributed by atoms with Crippen molar-refractivity contribution in [1.82, 2.24) is 14.7 Å². The van der Waals surface area contributed by atoms with E-state index in [2.05, 4.69) is 44.9 Å². The fraction of sp³-hybridized carbons (Fsp3) is 0.667. The first-order valence-electron chi connectivity index (χ1n) is 7.89. The summed E-state index contributed by atoms with van der Waals surface area (Å²) in [4.78, 5) is 8.56. The first-order chi connectivity index (χ1) is 10.3. The van der Waals surface area contributed by atoms with Crippen molar-refractivity contribution >= 4 is 33.9 Å². The topological polar surface area (TPSA) is 32.6 Å². The Hall–Kier alpha value is -0.720. The standard InChI is InChI=1S/C15H22N4S2/c1-2-12-10-18(5-7-20-12)14-13(9-16-11-3-4-11)19-6-8-21-15(19)17-14/h6,8,11-12,16H,2-5,7,9-10H2,1H3. The summed E-state index contributed by atoms with van der Waals surface area (Å²) in [5, 5.41) is 6.54. The van der Waals surface area contributed by atoms with Gasteiger partial charge >= 0.3 is 0 Å². The van der Waals surface area contributed by atoms with Crippen LogP contribution in [0, 0.1) is 0 Å². The third-order valence-electron chi connectivity index (χ3n) is 4.37. The van der Waals surface area contributed by atoms with Gasteiger partial charge in [-0.2, -0.15) is 11.8 Å². The van der Waals surface area contributed by atoms with Crippen LogP contribution in [-0.2, 0) is 6.54 Å². The van der Waals surface area contributed by atoms with Gasteiger partial charge in [0.05, 0.1) is 5.69 Å². The molecule has 1 N–H and O–H groups in total. The Bertz CT molecular complexity index is 616. The molecule has 0 aromatic carbocycles. The zero-order chi connectivity index (χ0) is 14.2. The number of fused-ring (bicyclic) bond motifs is 1. The molecule has 2 aromatic rings. The number of anilines is 1. The lowest BCUT2D eigenvalue weighted by atomic mass is 10.2. The fourth-order valence-corrected chi connectivity index (χ4v) is 4.83. The van der Waals surface area contributed by atoms with Gasteiger partial charge in [0.1, 0.15) is 0 Å². The minimum absolute atomic E-state index is 0.738. The molecule has 21 heavy (non-hydrogen) atoms. The molecule has 114 valence electrons. The average Bonchev–Trinajstić information content (AvgIpc) is 3.12. The molecular formula is C15H22N4S2. The Labute approximate surface area is 133 Å². The molecule has 1 saturated heterocycles. The van der Waals surface area contributed by atoms with E-state index in [0.29, 0.717) is 0 Å². The molecule has 2 fully saturated rings. The third kappa shape index (κ3) is 2.81. The number of hydrogen-bond donors (Lipinski definition) is 1. The van der Waals surface area contributed by atoms with E-state index in [-0.39, 0.29) is 0 Å². The minimum Gasteiger partial charge on any atom is -0.353 e. The van der Waals surface area contributed by atoms with Crippen LogP contribution in [0.15, 0.2) is 11.6 Å². The van der Waals surface area contributed by atoms with Crippen molar-refractivity contribution in [2.24, 2.45) is 0 Å². The number of nitrogens with one attached hydrogen (secondary N) is 1. The highest BCUT2D eigenvalue weighted by Gasteiger charge is 2.26. The van der Waals surface area contributed by atoms with E-state index >= 15 is 0 Å². The van der Waals surface area contributed by atoms with Gasteiger partial charge in [0, 0.05) is 48.3 Å². The molecule has 0 bridgehead atoms. The molecule has 1 aliphatic heterocycles. The number of thioether (sulfide) groups is 1.